The van der Waals surface area contributed by atoms with Crippen LogP contribution in [0, 0.1) is 6.92 Å². The number of esters is 1. The zero-order chi connectivity index (χ0) is 24.6. The van der Waals surface area contributed by atoms with Crippen LogP contribution in [-0.2, 0) is 9.59 Å². The molecule has 1 heterocycles. The van der Waals surface area contributed by atoms with E-state index in [1.165, 1.54) is 24.3 Å². The van der Waals surface area contributed by atoms with E-state index in [9.17, 15) is 14.4 Å². The van der Waals surface area contributed by atoms with Gasteiger partial charge in [0.2, 0.25) is 0 Å². The third-order valence-electron chi connectivity index (χ3n) is 4.96. The van der Waals surface area contributed by atoms with Gasteiger partial charge in [0.05, 0.1) is 27.0 Å². The van der Waals surface area contributed by atoms with E-state index in [4.69, 9.17) is 45.3 Å². The first-order valence-electron chi connectivity index (χ1n) is 9.85. The maximum atomic E-state index is 12.9. The summed E-state index contributed by atoms with van der Waals surface area (Å²) in [5.74, 6) is -1.79. The minimum absolute atomic E-state index is 0.0497. The third kappa shape index (κ3) is 4.46. The van der Waals surface area contributed by atoms with Gasteiger partial charge in [-0.3, -0.25) is 9.59 Å². The first kappa shape index (κ1) is 23.6. The monoisotopic (exact) mass is 515 g/mol. The molecule has 2 amide bonds. The van der Waals surface area contributed by atoms with E-state index in [1.54, 1.807) is 36.4 Å². The largest absolute Gasteiger partial charge is 0.421 e. The number of imide groups is 1. The average molecular weight is 517 g/mol. The Hall–Kier alpha value is -3.52. The van der Waals surface area contributed by atoms with Crippen LogP contribution in [0.15, 0.2) is 71.4 Å². The van der Waals surface area contributed by atoms with Crippen LogP contribution in [0.5, 0.6) is 5.75 Å². The summed E-state index contributed by atoms with van der Waals surface area (Å²) in [5, 5.41) is 2.75. The second-order valence-corrected chi connectivity index (χ2v) is 8.50. The summed E-state index contributed by atoms with van der Waals surface area (Å²) in [7, 11) is 0. The molecule has 34 heavy (non-hydrogen) atoms. The van der Waals surface area contributed by atoms with Gasteiger partial charge in [-0.25, -0.2) is 9.69 Å². The summed E-state index contributed by atoms with van der Waals surface area (Å²) in [5.41, 5.74) is 7.84. The van der Waals surface area contributed by atoms with Crippen LogP contribution in [0.1, 0.15) is 15.9 Å². The summed E-state index contributed by atoms with van der Waals surface area (Å²) < 4.78 is 5.35. The summed E-state index contributed by atoms with van der Waals surface area (Å²) in [6, 6.07) is 15.8. The van der Waals surface area contributed by atoms with E-state index in [1.807, 2.05) is 6.92 Å². The number of nitrogens with one attached hydrogen (secondary N) is 1. The SMILES string of the molecule is Cc1ccc(OC(=O)c2ccc(NC3=C(Cl)C(=O)N(c4cccc(Cl)c4Cl)C3=O)cc2)c(N)c1. The maximum Gasteiger partial charge on any atom is 0.343 e. The molecule has 0 saturated carbocycles. The molecule has 1 aliphatic rings. The molecule has 0 unspecified atom stereocenters. The minimum atomic E-state index is -0.741. The second-order valence-electron chi connectivity index (χ2n) is 7.34. The number of hydrogen-bond donors (Lipinski definition) is 2. The number of anilines is 3. The number of nitrogens with two attached hydrogens (primary N) is 1. The topological polar surface area (TPSA) is 102 Å². The van der Waals surface area contributed by atoms with Crippen molar-refractivity contribution in [2.75, 3.05) is 16.0 Å². The molecule has 1 aliphatic heterocycles. The van der Waals surface area contributed by atoms with E-state index in [0.717, 1.165) is 10.5 Å². The molecule has 172 valence electrons. The van der Waals surface area contributed by atoms with Gasteiger partial charge in [0.15, 0.2) is 5.75 Å². The summed E-state index contributed by atoms with van der Waals surface area (Å²) in [6.45, 7) is 1.88. The van der Waals surface area contributed by atoms with Gasteiger partial charge in [0.1, 0.15) is 10.7 Å². The smallest absolute Gasteiger partial charge is 0.343 e. The van der Waals surface area contributed by atoms with Gasteiger partial charge in [-0.2, -0.15) is 0 Å². The van der Waals surface area contributed by atoms with Gasteiger partial charge in [0, 0.05) is 5.69 Å². The molecule has 0 aliphatic carbocycles. The summed E-state index contributed by atoms with van der Waals surface area (Å²) >= 11 is 18.3. The van der Waals surface area contributed by atoms with Crippen molar-refractivity contribution in [2.24, 2.45) is 0 Å². The number of nitrogens with zero attached hydrogens (tertiary/aromatic N) is 1. The van der Waals surface area contributed by atoms with Crippen molar-refractivity contribution < 1.29 is 19.1 Å². The molecule has 0 atom stereocenters. The Balaban J connectivity index is 1.50. The zero-order valence-electron chi connectivity index (χ0n) is 17.6. The first-order valence-corrected chi connectivity index (χ1v) is 11.0. The lowest BCUT2D eigenvalue weighted by atomic mass is 10.2. The van der Waals surface area contributed by atoms with E-state index in [0.29, 0.717) is 11.4 Å². The second kappa shape index (κ2) is 9.38. The van der Waals surface area contributed by atoms with E-state index < -0.39 is 17.8 Å². The lowest BCUT2D eigenvalue weighted by Crippen LogP contribution is -2.32. The number of carbonyl (C=O) groups excluding carboxylic acids is 3. The molecule has 0 bridgehead atoms. The number of ether oxygens (including phenoxy) is 1. The minimum Gasteiger partial charge on any atom is -0.421 e. The molecule has 10 heteroatoms. The van der Waals surface area contributed by atoms with Gasteiger partial charge in [0.25, 0.3) is 11.8 Å². The van der Waals surface area contributed by atoms with Crippen molar-refractivity contribution in [2.45, 2.75) is 6.92 Å². The van der Waals surface area contributed by atoms with Crippen molar-refractivity contribution in [3.63, 3.8) is 0 Å². The Labute approximate surface area is 209 Å². The summed E-state index contributed by atoms with van der Waals surface area (Å²) in [4.78, 5) is 38.9. The number of rotatable bonds is 5. The van der Waals surface area contributed by atoms with E-state index >= 15 is 0 Å². The Morgan fingerprint density at radius 1 is 0.971 bits per heavy atom. The number of nitrogen functional groups attached to an aromatic ring is 1. The van der Waals surface area contributed by atoms with Gasteiger partial charge in [-0.05, 0) is 61.0 Å². The van der Waals surface area contributed by atoms with Crippen LogP contribution >= 0.6 is 34.8 Å². The van der Waals surface area contributed by atoms with Gasteiger partial charge < -0.3 is 15.8 Å². The highest BCUT2D eigenvalue weighted by molar-refractivity contribution is 6.54. The Bertz CT molecular complexity index is 1370. The van der Waals surface area contributed by atoms with Crippen molar-refractivity contribution in [3.05, 3.63) is 92.6 Å². The zero-order valence-corrected chi connectivity index (χ0v) is 19.8. The normalized spacial score (nSPS) is 13.5. The quantitative estimate of drug-likeness (QED) is 0.200. The molecule has 3 N–H and O–H groups in total. The standard InChI is InChI=1S/C24H16Cl3N3O4/c1-12-5-10-18(16(28)11-12)34-24(33)13-6-8-14(9-7-13)29-21-20(27)22(31)30(23(21)32)17-4-2-3-15(25)19(17)26/h2-11,29H,28H2,1H3. The number of amides is 2. The molecule has 0 saturated heterocycles. The molecule has 7 nitrogen and oxygen atoms in total. The van der Waals surface area contributed by atoms with E-state index in [-0.39, 0.29) is 37.8 Å². The van der Waals surface area contributed by atoms with Crippen LogP contribution in [0.2, 0.25) is 10.0 Å². The molecule has 0 fully saturated rings. The van der Waals surface area contributed by atoms with Gasteiger partial charge in [-0.15, -0.1) is 0 Å². The van der Waals surface area contributed by atoms with Gasteiger partial charge >= 0.3 is 5.97 Å². The molecule has 3 aromatic carbocycles. The van der Waals surface area contributed by atoms with Crippen molar-refractivity contribution in [3.8, 4) is 5.75 Å². The van der Waals surface area contributed by atoms with Crippen LogP contribution in [0.3, 0.4) is 0 Å². The van der Waals surface area contributed by atoms with Crippen LogP contribution in [0.25, 0.3) is 0 Å². The number of benzene rings is 3. The number of aryl methyl sites for hydroxylation is 1. The number of halogens is 3. The molecule has 0 spiro atoms. The summed E-state index contributed by atoms with van der Waals surface area (Å²) in [6.07, 6.45) is 0. The molecule has 3 aromatic rings. The van der Waals surface area contributed by atoms with Crippen molar-refractivity contribution >= 4 is 69.6 Å². The lowest BCUT2D eigenvalue weighted by Gasteiger charge is -2.17. The van der Waals surface area contributed by atoms with Crippen LogP contribution in [-0.4, -0.2) is 17.8 Å². The highest BCUT2D eigenvalue weighted by Crippen LogP contribution is 2.37. The predicted octanol–water partition coefficient (Wildman–Crippen LogP) is 5.54. The Morgan fingerprint density at radius 2 is 1.68 bits per heavy atom. The first-order chi connectivity index (χ1) is 16.2. The number of hydrogen-bond acceptors (Lipinski definition) is 6. The molecule has 0 radical (unpaired) electrons. The highest BCUT2D eigenvalue weighted by Gasteiger charge is 2.40. The fourth-order valence-corrected chi connectivity index (χ4v) is 3.84. The van der Waals surface area contributed by atoms with Crippen molar-refractivity contribution in [1.29, 1.82) is 0 Å². The molecular weight excluding hydrogens is 501 g/mol. The predicted molar refractivity (Wildman–Crippen MR) is 132 cm³/mol. The molecule has 4 rings (SSSR count). The molecule has 0 aromatic heterocycles. The number of carbonyl (C=O) groups is 3. The highest BCUT2D eigenvalue weighted by atomic mass is 35.5. The average Bonchev–Trinajstić information content (AvgIpc) is 3.01. The van der Waals surface area contributed by atoms with Crippen molar-refractivity contribution in [1.82, 2.24) is 0 Å². The van der Waals surface area contributed by atoms with Crippen LogP contribution in [0.4, 0.5) is 17.1 Å². The maximum absolute atomic E-state index is 12.9. The lowest BCUT2D eigenvalue weighted by molar-refractivity contribution is -0.120. The molecular formula is C24H16Cl3N3O4. The van der Waals surface area contributed by atoms with Crippen LogP contribution < -0.4 is 20.7 Å². The fraction of sp³-hybridized carbons (Fsp3) is 0.0417. The fourth-order valence-electron chi connectivity index (χ4n) is 3.25. The Morgan fingerprint density at radius 3 is 2.35 bits per heavy atom. The van der Waals surface area contributed by atoms with Gasteiger partial charge in [-0.1, -0.05) is 46.9 Å². The Kier molecular flexibility index (Phi) is 6.52. The van der Waals surface area contributed by atoms with E-state index in [2.05, 4.69) is 5.32 Å². The third-order valence-corrected chi connectivity index (χ3v) is 6.12.